The van der Waals surface area contributed by atoms with Crippen molar-refractivity contribution in [2.75, 3.05) is 26.4 Å². The highest BCUT2D eigenvalue weighted by atomic mass is 31.2. The van der Waals surface area contributed by atoms with Crippen LogP contribution in [0.3, 0.4) is 0 Å². The van der Waals surface area contributed by atoms with Gasteiger partial charge in [0.15, 0.2) is 6.10 Å². The number of hydrogen-bond acceptors (Lipinski definition) is 9. The summed E-state index contributed by atoms with van der Waals surface area (Å²) in [6.45, 7) is 2.03. The molecule has 0 aromatic rings. The molecule has 0 aromatic heterocycles. The standard InChI is InChI=1S/C46H73O10P/c1-3-5-7-9-11-13-15-17-19-20-21-22-24-26-28-30-32-34-36-38-46(50)56-44(42-55-57(51,52)54-40-43(48)39-47)41-53-45(49)37-35-33-31-29-27-25-23-18-16-14-12-10-8-6-4-2/h5-8,11-14,17-19,21-23,26-29,43-44,47-48H,3-4,9-10,15-16,20,24-25,30-42H2,1-2H3,(H,51,52)/b7-5+,8-6+,13-11+,14-12+,19-17+,22-21+,23-18+,28-26+,29-27+/t43-,44+/m0/s1. The minimum Gasteiger partial charge on any atom is -0.462 e. The smallest absolute Gasteiger partial charge is 0.462 e. The second-order valence-corrected chi connectivity index (χ2v) is 14.7. The monoisotopic (exact) mass is 816 g/mol. The second kappa shape index (κ2) is 40.8. The number of hydrogen-bond donors (Lipinski definition) is 3. The summed E-state index contributed by atoms with van der Waals surface area (Å²) in [6, 6.07) is 0. The van der Waals surface area contributed by atoms with E-state index in [1.54, 1.807) is 0 Å². The lowest BCUT2D eigenvalue weighted by Gasteiger charge is -2.20. The molecule has 10 nitrogen and oxygen atoms in total. The first-order valence-electron chi connectivity index (χ1n) is 20.8. The summed E-state index contributed by atoms with van der Waals surface area (Å²) >= 11 is 0. The number of aliphatic hydroxyl groups is 2. The van der Waals surface area contributed by atoms with Gasteiger partial charge in [-0.2, -0.15) is 0 Å². The van der Waals surface area contributed by atoms with E-state index in [9.17, 15) is 24.2 Å². The average molecular weight is 817 g/mol. The van der Waals surface area contributed by atoms with Crippen LogP contribution in [0.5, 0.6) is 0 Å². The molecule has 0 bridgehead atoms. The molecule has 0 radical (unpaired) electrons. The van der Waals surface area contributed by atoms with Crippen molar-refractivity contribution in [2.24, 2.45) is 0 Å². The molecule has 0 aliphatic carbocycles. The molecule has 0 saturated heterocycles. The first kappa shape index (κ1) is 53.6. The number of allylic oxidation sites excluding steroid dienone is 18. The van der Waals surface area contributed by atoms with E-state index < -0.39 is 51.8 Å². The minimum absolute atomic E-state index is 0.128. The van der Waals surface area contributed by atoms with Crippen LogP contribution in [0, 0.1) is 0 Å². The number of unbranched alkanes of at least 4 members (excludes halogenated alkanes) is 5. The molecule has 0 spiro atoms. The number of carbonyl (C=O) groups is 2. The van der Waals surface area contributed by atoms with Crippen LogP contribution in [0.25, 0.3) is 0 Å². The Hall–Kier alpha value is -3.37. The van der Waals surface area contributed by atoms with Crippen molar-refractivity contribution in [1.82, 2.24) is 0 Å². The third kappa shape index (κ3) is 40.6. The molecule has 3 N–H and O–H groups in total. The Kier molecular flexibility index (Phi) is 38.4. The fourth-order valence-electron chi connectivity index (χ4n) is 4.77. The van der Waals surface area contributed by atoms with E-state index >= 15 is 0 Å². The molecule has 0 amide bonds. The Morgan fingerprint density at radius 1 is 0.526 bits per heavy atom. The molecule has 0 aliphatic heterocycles. The third-order valence-corrected chi connectivity index (χ3v) is 8.87. The van der Waals surface area contributed by atoms with E-state index in [-0.39, 0.29) is 19.4 Å². The lowest BCUT2D eigenvalue weighted by atomic mass is 10.1. The average Bonchev–Trinajstić information content (AvgIpc) is 3.20. The van der Waals surface area contributed by atoms with Crippen LogP contribution in [0.15, 0.2) is 109 Å². The predicted octanol–water partition coefficient (Wildman–Crippen LogP) is 11.0. The molecule has 0 rings (SSSR count). The zero-order valence-electron chi connectivity index (χ0n) is 34.7. The molecule has 57 heavy (non-hydrogen) atoms. The van der Waals surface area contributed by atoms with Gasteiger partial charge < -0.3 is 24.6 Å². The predicted molar refractivity (Wildman–Crippen MR) is 232 cm³/mol. The topological polar surface area (TPSA) is 149 Å². The summed E-state index contributed by atoms with van der Waals surface area (Å²) in [6.07, 6.45) is 50.6. The Balaban J connectivity index is 4.48. The van der Waals surface area contributed by atoms with Crippen LogP contribution in [-0.4, -0.2) is 65.7 Å². The highest BCUT2D eigenvalue weighted by molar-refractivity contribution is 7.47. The number of carbonyl (C=O) groups excluding carboxylic acids is 2. The van der Waals surface area contributed by atoms with Crippen molar-refractivity contribution < 1.29 is 47.8 Å². The molecule has 1 unspecified atom stereocenters. The summed E-state index contributed by atoms with van der Waals surface area (Å²) in [5.74, 6) is -1.03. The van der Waals surface area contributed by atoms with Gasteiger partial charge in [-0.1, -0.05) is 130 Å². The van der Waals surface area contributed by atoms with Crippen LogP contribution in [0.4, 0.5) is 0 Å². The summed E-state index contributed by atoms with van der Waals surface area (Å²) < 4.78 is 32.6. The van der Waals surface area contributed by atoms with Crippen LogP contribution < -0.4 is 0 Å². The maximum atomic E-state index is 12.6. The van der Waals surface area contributed by atoms with Crippen LogP contribution in [0.1, 0.15) is 129 Å². The first-order valence-corrected chi connectivity index (χ1v) is 22.3. The van der Waals surface area contributed by atoms with Crippen molar-refractivity contribution in [3.8, 4) is 0 Å². The summed E-state index contributed by atoms with van der Waals surface area (Å²) in [5, 5.41) is 18.3. The summed E-state index contributed by atoms with van der Waals surface area (Å²) in [5.41, 5.74) is 0. The van der Waals surface area contributed by atoms with Crippen molar-refractivity contribution in [3.63, 3.8) is 0 Å². The van der Waals surface area contributed by atoms with Crippen molar-refractivity contribution in [1.29, 1.82) is 0 Å². The minimum atomic E-state index is -4.64. The van der Waals surface area contributed by atoms with Gasteiger partial charge in [0.05, 0.1) is 19.8 Å². The number of rotatable bonds is 37. The quantitative estimate of drug-likeness (QED) is 0.0239. The van der Waals surface area contributed by atoms with Crippen LogP contribution in [0.2, 0.25) is 0 Å². The van der Waals surface area contributed by atoms with E-state index in [4.69, 9.17) is 19.1 Å². The molecule has 322 valence electrons. The normalized spacial score (nSPS) is 15.0. The SMILES string of the molecule is CC/C=C/C/C=C/C/C=C/C/C=C/C/C=C/CCCCCC(=O)O[C@H](COC(=O)CCCC/C=C/C/C=C/C/C=C/C/C=C/CC)COP(=O)(O)OC[C@@H](O)CO. The maximum Gasteiger partial charge on any atom is 0.472 e. The van der Waals surface area contributed by atoms with Gasteiger partial charge in [0.25, 0.3) is 0 Å². The number of phosphoric acid groups is 1. The van der Waals surface area contributed by atoms with Crippen LogP contribution >= 0.6 is 7.82 Å². The second-order valence-electron chi connectivity index (χ2n) is 13.2. The molecular weight excluding hydrogens is 743 g/mol. The number of phosphoric ester groups is 1. The van der Waals surface area contributed by atoms with Crippen LogP contribution in [-0.2, 0) is 32.7 Å². The van der Waals surface area contributed by atoms with Gasteiger partial charge in [0.1, 0.15) is 12.7 Å². The van der Waals surface area contributed by atoms with Gasteiger partial charge in [0.2, 0.25) is 0 Å². The fourth-order valence-corrected chi connectivity index (χ4v) is 5.56. The Morgan fingerprint density at radius 3 is 1.37 bits per heavy atom. The number of ether oxygens (including phenoxy) is 2. The Labute approximate surface area is 344 Å². The number of esters is 2. The van der Waals surface area contributed by atoms with Crippen molar-refractivity contribution >= 4 is 19.8 Å². The van der Waals surface area contributed by atoms with E-state index in [1.165, 1.54) is 0 Å². The van der Waals surface area contributed by atoms with Crippen molar-refractivity contribution in [2.45, 2.75) is 142 Å². The number of aliphatic hydroxyl groups excluding tert-OH is 2. The molecule has 3 atom stereocenters. The van der Waals surface area contributed by atoms with E-state index in [0.717, 1.165) is 89.9 Å². The van der Waals surface area contributed by atoms with E-state index in [2.05, 4.69) is 128 Å². The highest BCUT2D eigenvalue weighted by Crippen LogP contribution is 2.43. The van der Waals surface area contributed by atoms with Gasteiger partial charge in [-0.25, -0.2) is 4.57 Å². The van der Waals surface area contributed by atoms with Gasteiger partial charge in [-0.15, -0.1) is 0 Å². The van der Waals surface area contributed by atoms with Gasteiger partial charge >= 0.3 is 19.8 Å². The van der Waals surface area contributed by atoms with E-state index in [0.29, 0.717) is 12.8 Å². The fraction of sp³-hybridized carbons (Fsp3) is 0.565. The molecule has 0 heterocycles. The Bertz CT molecular complexity index is 1310. The first-order chi connectivity index (χ1) is 27.7. The summed E-state index contributed by atoms with van der Waals surface area (Å²) in [7, 11) is -4.64. The molecule has 0 fully saturated rings. The largest absolute Gasteiger partial charge is 0.472 e. The molecule has 0 aliphatic rings. The Morgan fingerprint density at radius 2 is 0.912 bits per heavy atom. The van der Waals surface area contributed by atoms with Gasteiger partial charge in [-0.3, -0.25) is 18.6 Å². The molecule has 11 heteroatoms. The van der Waals surface area contributed by atoms with E-state index in [1.807, 2.05) is 0 Å². The summed E-state index contributed by atoms with van der Waals surface area (Å²) in [4.78, 5) is 34.9. The van der Waals surface area contributed by atoms with Gasteiger partial charge in [0, 0.05) is 12.8 Å². The maximum absolute atomic E-state index is 12.6. The lowest BCUT2D eigenvalue weighted by Crippen LogP contribution is -2.29. The zero-order chi connectivity index (χ0) is 41.9. The molecular formula is C46H73O10P. The third-order valence-electron chi connectivity index (χ3n) is 7.92. The molecule has 0 aromatic carbocycles. The molecule has 0 saturated carbocycles. The highest BCUT2D eigenvalue weighted by Gasteiger charge is 2.27. The lowest BCUT2D eigenvalue weighted by molar-refractivity contribution is -0.161. The zero-order valence-corrected chi connectivity index (χ0v) is 35.6. The van der Waals surface area contributed by atoms with Crippen molar-refractivity contribution in [3.05, 3.63) is 109 Å². The van der Waals surface area contributed by atoms with Gasteiger partial charge in [-0.05, 0) is 96.3 Å².